The molecule has 0 radical (unpaired) electrons. The molecule has 22 heavy (non-hydrogen) atoms. The van der Waals surface area contributed by atoms with Crippen LogP contribution in [0.2, 0.25) is 0 Å². The minimum Gasteiger partial charge on any atom is -0.0651 e. The summed E-state index contributed by atoms with van der Waals surface area (Å²) in [6, 6.07) is 0. The zero-order chi connectivity index (χ0) is 17.0. The summed E-state index contributed by atoms with van der Waals surface area (Å²) in [6.07, 6.45) is 14.3. The van der Waals surface area contributed by atoms with Gasteiger partial charge in [-0.1, -0.05) is 113 Å². The van der Waals surface area contributed by atoms with Crippen LogP contribution in [0.15, 0.2) is 0 Å². The molecule has 0 saturated carbocycles. The Bertz CT molecular complexity index is 230. The van der Waals surface area contributed by atoms with E-state index in [1.54, 1.807) is 0 Å². The Morgan fingerprint density at radius 3 is 1.68 bits per heavy atom. The van der Waals surface area contributed by atoms with Gasteiger partial charge in [-0.05, 0) is 29.6 Å². The fourth-order valence-corrected chi connectivity index (χ4v) is 3.43. The summed E-state index contributed by atoms with van der Waals surface area (Å²) in [5, 5.41) is 0. The third-order valence-corrected chi connectivity index (χ3v) is 6.03. The molecular weight excluding hydrogens is 264 g/mol. The van der Waals surface area contributed by atoms with E-state index in [1.807, 2.05) is 0 Å². The average Bonchev–Trinajstić information content (AvgIpc) is 2.49. The lowest BCUT2D eigenvalue weighted by Gasteiger charge is -2.23. The molecule has 0 saturated heterocycles. The van der Waals surface area contributed by atoms with Gasteiger partial charge >= 0.3 is 0 Å². The fraction of sp³-hybridized carbons (Fsp3) is 1.00. The maximum Gasteiger partial charge on any atom is -0.0417 e. The molecule has 0 heteroatoms. The van der Waals surface area contributed by atoms with Crippen LogP contribution in [0.5, 0.6) is 0 Å². The van der Waals surface area contributed by atoms with Crippen LogP contribution in [0, 0.1) is 29.6 Å². The van der Waals surface area contributed by atoms with Gasteiger partial charge in [0, 0.05) is 0 Å². The Morgan fingerprint density at radius 1 is 0.545 bits per heavy atom. The second-order valence-corrected chi connectivity index (χ2v) is 8.58. The summed E-state index contributed by atoms with van der Waals surface area (Å²) >= 11 is 0. The van der Waals surface area contributed by atoms with Crippen molar-refractivity contribution in [2.75, 3.05) is 0 Å². The zero-order valence-electron chi connectivity index (χ0n) is 17.0. The van der Waals surface area contributed by atoms with Crippen molar-refractivity contribution >= 4 is 0 Å². The van der Waals surface area contributed by atoms with Gasteiger partial charge in [0.25, 0.3) is 0 Å². The second-order valence-electron chi connectivity index (χ2n) is 8.58. The molecule has 0 rings (SSSR count). The smallest absolute Gasteiger partial charge is 0.0417 e. The predicted octanol–water partition coefficient (Wildman–Crippen LogP) is 8.11. The number of rotatable bonds is 14. The first-order valence-electron chi connectivity index (χ1n) is 10.4. The average molecular weight is 311 g/mol. The Kier molecular flexibility index (Phi) is 13.4. The lowest BCUT2D eigenvalue weighted by atomic mass is 9.83. The van der Waals surface area contributed by atoms with Crippen LogP contribution in [-0.4, -0.2) is 0 Å². The number of hydrogen-bond donors (Lipinski definition) is 0. The van der Waals surface area contributed by atoms with Gasteiger partial charge in [0.2, 0.25) is 0 Å². The highest BCUT2D eigenvalue weighted by Crippen LogP contribution is 2.28. The van der Waals surface area contributed by atoms with Crippen molar-refractivity contribution in [3.63, 3.8) is 0 Å². The van der Waals surface area contributed by atoms with Gasteiger partial charge in [-0.2, -0.15) is 0 Å². The summed E-state index contributed by atoms with van der Waals surface area (Å²) in [4.78, 5) is 0. The van der Waals surface area contributed by atoms with E-state index < -0.39 is 0 Å². The van der Waals surface area contributed by atoms with Gasteiger partial charge in [-0.25, -0.2) is 0 Å². The van der Waals surface area contributed by atoms with Crippen molar-refractivity contribution in [1.82, 2.24) is 0 Å². The van der Waals surface area contributed by atoms with Crippen LogP contribution < -0.4 is 0 Å². The molecule has 4 unspecified atom stereocenters. The van der Waals surface area contributed by atoms with Gasteiger partial charge in [0.05, 0.1) is 0 Å². The van der Waals surface area contributed by atoms with Crippen molar-refractivity contribution in [3.8, 4) is 0 Å². The Labute approximate surface area is 142 Å². The van der Waals surface area contributed by atoms with Crippen LogP contribution in [0.1, 0.15) is 113 Å². The maximum absolute atomic E-state index is 2.49. The first-order chi connectivity index (χ1) is 10.4. The third kappa shape index (κ3) is 11.6. The molecule has 0 fully saturated rings. The molecule has 4 atom stereocenters. The first kappa shape index (κ1) is 22.0. The lowest BCUT2D eigenvalue weighted by molar-refractivity contribution is 0.287. The Balaban J connectivity index is 3.85. The summed E-state index contributed by atoms with van der Waals surface area (Å²) < 4.78 is 0. The summed E-state index contributed by atoms with van der Waals surface area (Å²) in [5.74, 6) is 4.61. The van der Waals surface area contributed by atoms with E-state index >= 15 is 0 Å². The van der Waals surface area contributed by atoms with E-state index in [4.69, 9.17) is 0 Å². The predicted molar refractivity (Wildman–Crippen MR) is 103 cm³/mol. The first-order valence-corrected chi connectivity index (χ1v) is 10.4. The van der Waals surface area contributed by atoms with E-state index in [-0.39, 0.29) is 0 Å². The molecule has 0 aromatic heterocycles. The van der Waals surface area contributed by atoms with Gasteiger partial charge in [-0.15, -0.1) is 0 Å². The quantitative estimate of drug-likeness (QED) is 0.304. The standard InChI is InChI=1S/C22H46/c1-8-19(5)13-11-15-22(9-2)17-16-21(7)20(6)14-10-12-18(3)4/h18-22H,8-17H2,1-7H3. The molecule has 0 aromatic rings. The molecule has 0 aliphatic rings. The summed E-state index contributed by atoms with van der Waals surface area (Å²) in [6.45, 7) is 16.8. The molecule has 0 amide bonds. The monoisotopic (exact) mass is 310 g/mol. The highest BCUT2D eigenvalue weighted by atomic mass is 14.2. The normalized spacial score (nSPS) is 17.5. The Morgan fingerprint density at radius 2 is 1.14 bits per heavy atom. The summed E-state index contributed by atoms with van der Waals surface area (Å²) in [7, 11) is 0. The van der Waals surface area contributed by atoms with Gasteiger partial charge in [-0.3, -0.25) is 0 Å². The highest BCUT2D eigenvalue weighted by Gasteiger charge is 2.15. The molecular formula is C22H46. The van der Waals surface area contributed by atoms with Crippen LogP contribution >= 0.6 is 0 Å². The van der Waals surface area contributed by atoms with Crippen molar-refractivity contribution in [1.29, 1.82) is 0 Å². The van der Waals surface area contributed by atoms with Gasteiger partial charge in [0.1, 0.15) is 0 Å². The molecule has 0 nitrogen and oxygen atoms in total. The molecule has 0 N–H and O–H groups in total. The fourth-order valence-electron chi connectivity index (χ4n) is 3.43. The van der Waals surface area contributed by atoms with Crippen molar-refractivity contribution in [2.24, 2.45) is 29.6 Å². The molecule has 0 bridgehead atoms. The second kappa shape index (κ2) is 13.4. The van der Waals surface area contributed by atoms with Crippen LogP contribution in [-0.2, 0) is 0 Å². The lowest BCUT2D eigenvalue weighted by Crippen LogP contribution is -2.11. The van der Waals surface area contributed by atoms with E-state index in [2.05, 4.69) is 48.5 Å². The molecule has 0 aromatic carbocycles. The van der Waals surface area contributed by atoms with E-state index in [9.17, 15) is 0 Å². The topological polar surface area (TPSA) is 0 Å². The van der Waals surface area contributed by atoms with E-state index in [0.29, 0.717) is 0 Å². The molecule has 0 spiro atoms. The van der Waals surface area contributed by atoms with Crippen molar-refractivity contribution < 1.29 is 0 Å². The molecule has 0 aliphatic carbocycles. The van der Waals surface area contributed by atoms with E-state index in [0.717, 1.165) is 29.6 Å². The van der Waals surface area contributed by atoms with Crippen LogP contribution in [0.3, 0.4) is 0 Å². The molecule has 0 heterocycles. The number of hydrogen-bond acceptors (Lipinski definition) is 0. The van der Waals surface area contributed by atoms with Gasteiger partial charge < -0.3 is 0 Å². The maximum atomic E-state index is 2.49. The molecule has 134 valence electrons. The van der Waals surface area contributed by atoms with E-state index in [1.165, 1.54) is 64.2 Å². The minimum atomic E-state index is 0.873. The van der Waals surface area contributed by atoms with Crippen LogP contribution in [0.4, 0.5) is 0 Å². The largest absolute Gasteiger partial charge is 0.0651 e. The third-order valence-electron chi connectivity index (χ3n) is 6.03. The Hall–Kier alpha value is 0. The van der Waals surface area contributed by atoms with Crippen molar-refractivity contribution in [2.45, 2.75) is 113 Å². The minimum absolute atomic E-state index is 0.873. The van der Waals surface area contributed by atoms with Crippen molar-refractivity contribution in [3.05, 3.63) is 0 Å². The molecule has 0 aliphatic heterocycles. The highest BCUT2D eigenvalue weighted by molar-refractivity contribution is 4.67. The SMILES string of the molecule is CCC(C)CCCC(CC)CCC(C)C(C)CCCC(C)C. The zero-order valence-corrected chi connectivity index (χ0v) is 17.0. The van der Waals surface area contributed by atoms with Crippen LogP contribution in [0.25, 0.3) is 0 Å². The summed E-state index contributed by atoms with van der Waals surface area (Å²) in [5.41, 5.74) is 0. The van der Waals surface area contributed by atoms with Gasteiger partial charge in [0.15, 0.2) is 0 Å².